The van der Waals surface area contributed by atoms with E-state index in [1.165, 1.54) is 4.90 Å². The summed E-state index contributed by atoms with van der Waals surface area (Å²) in [5, 5.41) is 0.474. The highest BCUT2D eigenvalue weighted by Crippen LogP contribution is 2.30. The summed E-state index contributed by atoms with van der Waals surface area (Å²) in [4.78, 5) is 7.64. The molecule has 2 rings (SSSR count). The minimum atomic E-state index is -0.771. The summed E-state index contributed by atoms with van der Waals surface area (Å²) in [6, 6.07) is 13.0. The molecule has 0 aliphatic heterocycles. The molecule has 23 heavy (non-hydrogen) atoms. The van der Waals surface area contributed by atoms with Crippen molar-refractivity contribution in [2.24, 2.45) is 10.7 Å². The van der Waals surface area contributed by atoms with Gasteiger partial charge in [0.25, 0.3) is 0 Å². The maximum absolute atomic E-state index is 13.5. The largest absolute Gasteiger partial charge is 0.369 e. The van der Waals surface area contributed by atoms with Gasteiger partial charge in [-0.3, -0.25) is 4.90 Å². The molecule has 0 spiro atoms. The Hall–Kier alpha value is -1.37. The Balaban J connectivity index is 2.37. The average molecular weight is 369 g/mol. The number of rotatable bonds is 5. The fourth-order valence-corrected chi connectivity index (χ4v) is 2.98. The minimum Gasteiger partial charge on any atom is -0.369 e. The number of nitrogens with zero attached hydrogens (tertiary/aromatic N) is 2. The number of anilines is 1. The molecule has 0 unspecified atom stereocenters. The SMILES string of the molecule is CSc1cccc(N(C[18F])C(N)=Nc2cc(SC)ccc2Cl)c1. The lowest BCUT2D eigenvalue weighted by Crippen LogP contribution is -2.36. The smallest absolute Gasteiger partial charge is 0.203 e. The Morgan fingerprint density at radius 2 is 1.87 bits per heavy atom. The van der Waals surface area contributed by atoms with Crippen LogP contribution in [0.25, 0.3) is 0 Å². The van der Waals surface area contributed by atoms with Crippen molar-refractivity contribution in [1.29, 1.82) is 0 Å². The molecule has 7 heteroatoms. The summed E-state index contributed by atoms with van der Waals surface area (Å²) < 4.78 is 13.5. The van der Waals surface area contributed by atoms with Crippen molar-refractivity contribution >= 4 is 52.5 Å². The summed E-state index contributed by atoms with van der Waals surface area (Å²) in [6.45, 7) is -0.771. The summed E-state index contributed by atoms with van der Waals surface area (Å²) >= 11 is 9.31. The number of halogens is 2. The predicted octanol–water partition coefficient (Wildman–Crippen LogP) is 5.16. The number of nitrogens with two attached hydrogens (primary N) is 1. The summed E-state index contributed by atoms with van der Waals surface area (Å²) in [6.07, 6.45) is 3.92. The van der Waals surface area contributed by atoms with E-state index in [0.717, 1.165) is 9.79 Å². The number of alkyl halides is 1. The first-order valence-corrected chi connectivity index (χ1v) is 9.57. The predicted molar refractivity (Wildman–Crippen MR) is 101 cm³/mol. The highest BCUT2D eigenvalue weighted by molar-refractivity contribution is 7.98. The van der Waals surface area contributed by atoms with Crippen LogP contribution < -0.4 is 10.6 Å². The van der Waals surface area contributed by atoms with Gasteiger partial charge in [0.1, 0.15) is 0 Å². The molecular formula is C16H17ClFN3S2. The van der Waals surface area contributed by atoms with Crippen LogP contribution in [0, 0.1) is 0 Å². The Morgan fingerprint density at radius 3 is 2.52 bits per heavy atom. The molecule has 0 saturated carbocycles. The standard InChI is InChI=1S/C16H17ClFN3S2/c1-22-12-5-3-4-11(8-12)21(10-18)16(19)20-15-9-13(23-2)6-7-14(15)17/h3-9H,10H2,1-2H3,(H2,19,20)/i18-1. The molecule has 0 aromatic heterocycles. The maximum atomic E-state index is 13.5. The van der Waals surface area contributed by atoms with Crippen LogP contribution in [0.3, 0.4) is 0 Å². The molecule has 2 N–H and O–H groups in total. The lowest BCUT2D eigenvalue weighted by atomic mass is 10.3. The van der Waals surface area contributed by atoms with Crippen LogP contribution in [0.2, 0.25) is 5.02 Å². The number of benzene rings is 2. The third-order valence-electron chi connectivity index (χ3n) is 3.15. The second-order valence-electron chi connectivity index (χ2n) is 4.54. The zero-order chi connectivity index (χ0) is 16.8. The molecule has 0 heterocycles. The molecule has 3 nitrogen and oxygen atoms in total. The highest BCUT2D eigenvalue weighted by Gasteiger charge is 2.12. The second kappa shape index (κ2) is 8.47. The number of guanidine groups is 1. The first-order chi connectivity index (χ1) is 11.1. The van der Waals surface area contributed by atoms with Crippen molar-refractivity contribution in [1.82, 2.24) is 0 Å². The quantitative estimate of drug-likeness (QED) is 0.342. The van der Waals surface area contributed by atoms with Crippen molar-refractivity contribution in [3.63, 3.8) is 0 Å². The van der Waals surface area contributed by atoms with Crippen LogP contribution in [0.15, 0.2) is 57.2 Å². The van der Waals surface area contributed by atoms with Crippen LogP contribution in [0.5, 0.6) is 0 Å². The van der Waals surface area contributed by atoms with Crippen molar-refractivity contribution in [3.05, 3.63) is 47.5 Å². The lowest BCUT2D eigenvalue weighted by Gasteiger charge is -2.20. The van der Waals surface area contributed by atoms with E-state index in [2.05, 4.69) is 4.99 Å². The fraction of sp³-hybridized carbons (Fsp3) is 0.188. The molecule has 0 amide bonds. The van der Waals surface area contributed by atoms with Crippen LogP contribution >= 0.6 is 35.1 Å². The monoisotopic (exact) mass is 368 g/mol. The van der Waals surface area contributed by atoms with Gasteiger partial charge >= 0.3 is 0 Å². The Labute approximate surface area is 149 Å². The number of hydrogen-bond donors (Lipinski definition) is 1. The molecule has 0 aliphatic rings. The van der Waals surface area contributed by atoms with Crippen LogP contribution in [-0.2, 0) is 0 Å². The van der Waals surface area contributed by atoms with E-state index in [1.807, 2.05) is 42.8 Å². The van der Waals surface area contributed by atoms with Crippen molar-refractivity contribution in [2.75, 3.05) is 24.2 Å². The molecule has 2 aromatic rings. The molecular weight excluding hydrogens is 352 g/mol. The van der Waals surface area contributed by atoms with Gasteiger partial charge in [0.05, 0.1) is 10.7 Å². The molecule has 122 valence electrons. The highest BCUT2D eigenvalue weighted by atomic mass is 35.5. The Morgan fingerprint density at radius 1 is 1.17 bits per heavy atom. The first-order valence-electron chi connectivity index (χ1n) is 6.74. The summed E-state index contributed by atoms with van der Waals surface area (Å²) in [7, 11) is 0. The van der Waals surface area contributed by atoms with Crippen molar-refractivity contribution in [2.45, 2.75) is 9.79 Å². The van der Waals surface area contributed by atoms with E-state index in [4.69, 9.17) is 17.3 Å². The summed E-state index contributed by atoms with van der Waals surface area (Å²) in [5.41, 5.74) is 7.18. The molecule has 0 radical (unpaired) electrons. The number of aliphatic imine (C=N–C) groups is 1. The van der Waals surface area contributed by atoms with Crippen molar-refractivity contribution < 1.29 is 4.39 Å². The van der Waals surface area contributed by atoms with E-state index in [-0.39, 0.29) is 5.96 Å². The lowest BCUT2D eigenvalue weighted by molar-refractivity contribution is 0.506. The van der Waals surface area contributed by atoms with E-state index in [0.29, 0.717) is 16.4 Å². The van der Waals surface area contributed by atoms with Gasteiger partial charge in [-0.1, -0.05) is 17.7 Å². The topological polar surface area (TPSA) is 41.6 Å². The van der Waals surface area contributed by atoms with Crippen molar-refractivity contribution in [3.8, 4) is 0 Å². The molecule has 0 fully saturated rings. The minimum absolute atomic E-state index is 0.0610. The zero-order valence-corrected chi connectivity index (χ0v) is 15.2. The Kier molecular flexibility index (Phi) is 6.62. The molecule has 0 bridgehead atoms. The van der Waals surface area contributed by atoms with Gasteiger partial charge in [0, 0.05) is 15.5 Å². The van der Waals surface area contributed by atoms with Crippen LogP contribution in [0.1, 0.15) is 0 Å². The van der Waals surface area contributed by atoms with Gasteiger partial charge in [-0.25, -0.2) is 9.38 Å². The molecule has 0 aliphatic carbocycles. The van der Waals surface area contributed by atoms with Gasteiger partial charge < -0.3 is 5.73 Å². The zero-order valence-electron chi connectivity index (χ0n) is 12.8. The van der Waals surface area contributed by atoms with Crippen LogP contribution in [-0.4, -0.2) is 25.3 Å². The third-order valence-corrected chi connectivity index (χ3v) is 4.92. The fourth-order valence-electron chi connectivity index (χ4n) is 1.93. The molecule has 0 atom stereocenters. The Bertz CT molecular complexity index is 709. The molecule has 2 aromatic carbocycles. The maximum Gasteiger partial charge on any atom is 0.203 e. The molecule has 0 saturated heterocycles. The second-order valence-corrected chi connectivity index (χ2v) is 6.70. The van der Waals surface area contributed by atoms with E-state index in [1.54, 1.807) is 35.7 Å². The first kappa shape index (κ1) is 18.0. The average Bonchev–Trinajstić information content (AvgIpc) is 2.57. The normalized spacial score (nSPS) is 11.6. The van der Waals surface area contributed by atoms with Gasteiger partial charge in [0.15, 0.2) is 6.80 Å². The summed E-state index contributed by atoms with van der Waals surface area (Å²) in [5.74, 6) is 0.0610. The van der Waals surface area contributed by atoms with E-state index in [9.17, 15) is 4.39 Å². The van der Waals surface area contributed by atoms with E-state index >= 15 is 0 Å². The van der Waals surface area contributed by atoms with Gasteiger partial charge in [-0.05, 0) is 48.9 Å². The van der Waals surface area contributed by atoms with E-state index < -0.39 is 6.80 Å². The number of hydrogen-bond acceptors (Lipinski definition) is 3. The van der Waals surface area contributed by atoms with Gasteiger partial charge in [-0.2, -0.15) is 0 Å². The van der Waals surface area contributed by atoms with Crippen LogP contribution in [0.4, 0.5) is 15.8 Å². The van der Waals surface area contributed by atoms with Gasteiger partial charge in [-0.15, -0.1) is 23.5 Å². The van der Waals surface area contributed by atoms with Gasteiger partial charge in [0.2, 0.25) is 5.96 Å². The number of thioether (sulfide) groups is 2. The third kappa shape index (κ3) is 4.56.